The summed E-state index contributed by atoms with van der Waals surface area (Å²) in [7, 11) is 0. The molecule has 1 unspecified atom stereocenters. The topological polar surface area (TPSA) is 125 Å². The lowest BCUT2D eigenvalue weighted by atomic mass is 10.1. The Morgan fingerprint density at radius 1 is 1.03 bits per heavy atom. The van der Waals surface area contributed by atoms with Crippen molar-refractivity contribution < 1.29 is 14.3 Å². The van der Waals surface area contributed by atoms with E-state index in [1.165, 1.54) is 0 Å². The molecule has 1 heterocycles. The van der Waals surface area contributed by atoms with Crippen LogP contribution in [0.2, 0.25) is 0 Å². The van der Waals surface area contributed by atoms with Gasteiger partial charge in [0.05, 0.1) is 12.0 Å². The lowest BCUT2D eigenvalue weighted by Crippen LogP contribution is -2.48. The minimum absolute atomic E-state index is 0.240. The molecule has 3 rings (SSSR count). The fraction of sp³-hybridized carbons (Fsp3) is 0.304. The summed E-state index contributed by atoms with van der Waals surface area (Å²) >= 11 is 0. The molecule has 1 atom stereocenters. The smallest absolute Gasteiger partial charge is 0.329 e. The molecule has 0 aliphatic heterocycles. The van der Waals surface area contributed by atoms with Crippen molar-refractivity contribution in [3.8, 4) is 0 Å². The van der Waals surface area contributed by atoms with Crippen molar-refractivity contribution >= 4 is 28.6 Å². The molecular weight excluding hydrogens is 410 g/mol. The molecule has 0 saturated heterocycles. The van der Waals surface area contributed by atoms with Crippen LogP contribution in [0, 0.1) is 0 Å². The van der Waals surface area contributed by atoms with Crippen LogP contribution >= 0.6 is 0 Å². The molecule has 9 nitrogen and oxygen atoms in total. The van der Waals surface area contributed by atoms with Crippen molar-refractivity contribution in [2.24, 2.45) is 0 Å². The predicted molar refractivity (Wildman–Crippen MR) is 123 cm³/mol. The summed E-state index contributed by atoms with van der Waals surface area (Å²) in [5.74, 6) is 0.110. The molecule has 0 spiro atoms. The van der Waals surface area contributed by atoms with Gasteiger partial charge >= 0.3 is 12.0 Å². The molecule has 9 heteroatoms. The summed E-state index contributed by atoms with van der Waals surface area (Å²) in [6, 6.07) is 15.4. The fourth-order valence-corrected chi connectivity index (χ4v) is 3.24. The van der Waals surface area contributed by atoms with Gasteiger partial charge in [0.15, 0.2) is 5.82 Å². The molecule has 1 aromatic heterocycles. The monoisotopic (exact) mass is 437 g/mol. The van der Waals surface area contributed by atoms with Crippen LogP contribution in [0.3, 0.4) is 0 Å². The average molecular weight is 438 g/mol. The maximum Gasteiger partial charge on any atom is 0.329 e. The molecule has 0 saturated carbocycles. The van der Waals surface area contributed by atoms with Crippen molar-refractivity contribution in [1.82, 2.24) is 20.8 Å². The van der Waals surface area contributed by atoms with Crippen molar-refractivity contribution in [3.05, 3.63) is 70.5 Å². The number of fused-ring (bicyclic) bond motifs is 1. The highest BCUT2D eigenvalue weighted by Crippen LogP contribution is 2.16. The summed E-state index contributed by atoms with van der Waals surface area (Å²) in [5, 5.41) is 16.4. The first-order valence-corrected chi connectivity index (χ1v) is 10.5. The van der Waals surface area contributed by atoms with E-state index in [0.717, 1.165) is 10.9 Å². The number of amides is 2. The maximum absolute atomic E-state index is 12.3. The highest BCUT2D eigenvalue weighted by Gasteiger charge is 2.22. The zero-order chi connectivity index (χ0) is 22.8. The largest absolute Gasteiger partial charge is 0.464 e. The van der Waals surface area contributed by atoms with E-state index < -0.39 is 18.0 Å². The van der Waals surface area contributed by atoms with Gasteiger partial charge in [0, 0.05) is 24.9 Å². The lowest BCUT2D eigenvalue weighted by Gasteiger charge is -2.18. The Labute approximate surface area is 185 Å². The van der Waals surface area contributed by atoms with Crippen LogP contribution < -0.4 is 21.5 Å². The summed E-state index contributed by atoms with van der Waals surface area (Å²) in [4.78, 5) is 36.4. The summed E-state index contributed by atoms with van der Waals surface area (Å²) < 4.78 is 5.09. The summed E-state index contributed by atoms with van der Waals surface area (Å²) in [5.41, 5.74) is 0.687. The van der Waals surface area contributed by atoms with Gasteiger partial charge in [0.1, 0.15) is 6.04 Å². The minimum Gasteiger partial charge on any atom is -0.464 e. The third kappa shape index (κ3) is 6.31. The van der Waals surface area contributed by atoms with Gasteiger partial charge in [-0.2, -0.15) is 5.10 Å². The number of nitrogens with one attached hydrogen (secondary N) is 4. The van der Waals surface area contributed by atoms with Gasteiger partial charge in [-0.05, 0) is 25.0 Å². The molecule has 3 aromatic rings. The average Bonchev–Trinajstić information content (AvgIpc) is 2.81. The molecule has 0 aliphatic carbocycles. The Morgan fingerprint density at radius 2 is 1.75 bits per heavy atom. The third-order valence-corrected chi connectivity index (χ3v) is 4.79. The second kappa shape index (κ2) is 11.5. The number of hydrogen-bond donors (Lipinski definition) is 4. The predicted octanol–water partition coefficient (Wildman–Crippen LogP) is 2.20. The van der Waals surface area contributed by atoms with Gasteiger partial charge in [-0.1, -0.05) is 48.5 Å². The Kier molecular flexibility index (Phi) is 8.19. The van der Waals surface area contributed by atoms with Gasteiger partial charge in [-0.15, -0.1) is 0 Å². The molecule has 2 amide bonds. The molecule has 4 N–H and O–H groups in total. The van der Waals surface area contributed by atoms with Gasteiger partial charge < -0.3 is 20.7 Å². The number of carbonyl (C=O) groups is 2. The van der Waals surface area contributed by atoms with E-state index in [1.807, 2.05) is 42.5 Å². The van der Waals surface area contributed by atoms with Gasteiger partial charge in [0.25, 0.3) is 5.56 Å². The van der Waals surface area contributed by atoms with Crippen LogP contribution in [0.5, 0.6) is 0 Å². The Bertz CT molecular complexity index is 1100. The fourth-order valence-electron chi connectivity index (χ4n) is 3.24. The van der Waals surface area contributed by atoms with E-state index in [4.69, 9.17) is 4.74 Å². The van der Waals surface area contributed by atoms with Gasteiger partial charge in [-0.25, -0.2) is 14.7 Å². The number of esters is 1. The van der Waals surface area contributed by atoms with Crippen LogP contribution in [0.15, 0.2) is 59.4 Å². The second-order valence-corrected chi connectivity index (χ2v) is 7.12. The molecule has 0 fully saturated rings. The van der Waals surface area contributed by atoms with Crippen LogP contribution in [0.1, 0.15) is 18.9 Å². The number of carbonyl (C=O) groups excluding carboxylic acids is 2. The maximum atomic E-state index is 12.3. The molecule has 168 valence electrons. The van der Waals surface area contributed by atoms with Gasteiger partial charge in [-0.3, -0.25) is 4.79 Å². The third-order valence-electron chi connectivity index (χ3n) is 4.79. The number of ether oxygens (including phenoxy) is 1. The van der Waals surface area contributed by atoms with E-state index in [2.05, 4.69) is 26.1 Å². The van der Waals surface area contributed by atoms with Crippen molar-refractivity contribution in [1.29, 1.82) is 0 Å². The molecule has 0 radical (unpaired) electrons. The SMILES string of the molecule is CCOC(=O)C(Cc1ccccc1)NC(=O)NCCCNc1n[nH]c(=O)c2ccccc12. The Morgan fingerprint density at radius 3 is 2.50 bits per heavy atom. The first kappa shape index (κ1) is 22.8. The summed E-state index contributed by atoms with van der Waals surface area (Å²) in [6.07, 6.45) is 0.963. The number of nitrogens with zero attached hydrogens (tertiary/aromatic N) is 1. The number of anilines is 1. The van der Waals surface area contributed by atoms with Crippen LogP contribution in [-0.2, 0) is 16.0 Å². The van der Waals surface area contributed by atoms with E-state index in [0.29, 0.717) is 37.1 Å². The second-order valence-electron chi connectivity index (χ2n) is 7.12. The quantitative estimate of drug-likeness (QED) is 0.285. The molecule has 2 aromatic carbocycles. The number of hydrogen-bond acceptors (Lipinski definition) is 6. The van der Waals surface area contributed by atoms with Crippen LogP contribution in [0.25, 0.3) is 10.8 Å². The number of aromatic nitrogens is 2. The van der Waals surface area contributed by atoms with Crippen molar-refractivity contribution in [2.75, 3.05) is 25.0 Å². The lowest BCUT2D eigenvalue weighted by molar-refractivity contribution is -0.145. The number of urea groups is 1. The van der Waals surface area contributed by atoms with E-state index in [1.54, 1.807) is 19.1 Å². The van der Waals surface area contributed by atoms with E-state index in [-0.39, 0.29) is 12.2 Å². The molecule has 0 aliphatic rings. The van der Waals surface area contributed by atoms with Crippen LogP contribution in [0.4, 0.5) is 10.6 Å². The number of benzene rings is 2. The highest BCUT2D eigenvalue weighted by molar-refractivity contribution is 5.90. The van der Waals surface area contributed by atoms with Crippen molar-refractivity contribution in [2.45, 2.75) is 25.8 Å². The molecular formula is C23H27N5O4. The Balaban J connectivity index is 1.47. The Hall–Kier alpha value is -3.88. The van der Waals surface area contributed by atoms with Crippen molar-refractivity contribution in [3.63, 3.8) is 0 Å². The normalized spacial score (nSPS) is 11.5. The van der Waals surface area contributed by atoms with Crippen LogP contribution in [-0.4, -0.2) is 47.9 Å². The number of rotatable bonds is 10. The standard InChI is InChI=1S/C23H27N5O4/c1-2-32-22(30)19(15-16-9-4-3-5-10-16)26-23(31)25-14-8-13-24-20-17-11-6-7-12-18(17)21(29)28-27-20/h3-7,9-12,19H,2,8,13-15H2,1H3,(H,24,27)(H,28,29)(H2,25,26,31). The molecule has 0 bridgehead atoms. The summed E-state index contributed by atoms with van der Waals surface area (Å²) in [6.45, 7) is 2.90. The first-order valence-electron chi connectivity index (χ1n) is 10.5. The first-order chi connectivity index (χ1) is 15.6. The number of H-pyrrole nitrogens is 1. The molecule has 32 heavy (non-hydrogen) atoms. The number of aromatic amines is 1. The van der Waals surface area contributed by atoms with E-state index in [9.17, 15) is 14.4 Å². The zero-order valence-corrected chi connectivity index (χ0v) is 17.9. The van der Waals surface area contributed by atoms with E-state index >= 15 is 0 Å². The van der Waals surface area contributed by atoms with Gasteiger partial charge in [0.2, 0.25) is 0 Å². The minimum atomic E-state index is -0.771. The zero-order valence-electron chi connectivity index (χ0n) is 17.9. The highest BCUT2D eigenvalue weighted by atomic mass is 16.5.